The van der Waals surface area contributed by atoms with Gasteiger partial charge in [0, 0.05) is 27.3 Å². The van der Waals surface area contributed by atoms with E-state index < -0.39 is 5.97 Å². The Balaban J connectivity index is 2.80. The lowest BCUT2D eigenvalue weighted by Gasteiger charge is -2.17. The van der Waals surface area contributed by atoms with E-state index >= 15 is 0 Å². The number of ether oxygens (including phenoxy) is 1. The molecule has 0 heterocycles. The molecule has 0 spiro atoms. The predicted octanol–water partition coefficient (Wildman–Crippen LogP) is 1.49. The molecule has 0 saturated heterocycles. The van der Waals surface area contributed by atoms with Crippen molar-refractivity contribution in [2.45, 2.75) is 6.42 Å². The molecule has 0 aromatic heterocycles. The third-order valence-electron chi connectivity index (χ3n) is 2.58. The number of methoxy groups -OCH3 is 1. The van der Waals surface area contributed by atoms with Crippen LogP contribution in [0.15, 0.2) is 24.3 Å². The summed E-state index contributed by atoms with van der Waals surface area (Å²) in [6.07, 6.45) is 0.716. The summed E-state index contributed by atoms with van der Waals surface area (Å²) in [7, 11) is 3.25. The number of aromatic carboxylic acids is 1. The Kier molecular flexibility index (Phi) is 5.32. The highest BCUT2D eigenvalue weighted by Gasteiger charge is 2.18. The molecule has 5 nitrogen and oxygen atoms in total. The second-order valence-electron chi connectivity index (χ2n) is 3.92. The molecular weight excluding hydrogens is 234 g/mol. The van der Waals surface area contributed by atoms with E-state index in [0.717, 1.165) is 0 Å². The molecule has 0 aliphatic heterocycles. The van der Waals surface area contributed by atoms with Gasteiger partial charge in [-0.15, -0.1) is 0 Å². The van der Waals surface area contributed by atoms with Crippen LogP contribution in [-0.4, -0.2) is 49.2 Å². The number of hydrogen-bond donors (Lipinski definition) is 1. The molecule has 0 atom stereocenters. The van der Waals surface area contributed by atoms with Crippen molar-refractivity contribution in [1.29, 1.82) is 0 Å². The van der Waals surface area contributed by atoms with E-state index in [-0.39, 0.29) is 17.0 Å². The normalized spacial score (nSPS) is 10.1. The van der Waals surface area contributed by atoms with Crippen LogP contribution in [0.4, 0.5) is 0 Å². The zero-order chi connectivity index (χ0) is 13.5. The average molecular weight is 251 g/mol. The second-order valence-corrected chi connectivity index (χ2v) is 3.92. The lowest BCUT2D eigenvalue weighted by Crippen LogP contribution is -2.29. The molecule has 98 valence electrons. The summed E-state index contributed by atoms with van der Waals surface area (Å²) in [6, 6.07) is 6.21. The lowest BCUT2D eigenvalue weighted by atomic mass is 10.1. The van der Waals surface area contributed by atoms with Crippen LogP contribution < -0.4 is 0 Å². The number of rotatable bonds is 6. The molecule has 0 saturated carbocycles. The molecule has 1 rings (SSSR count). The van der Waals surface area contributed by atoms with Crippen molar-refractivity contribution in [3.05, 3.63) is 35.4 Å². The third-order valence-corrected chi connectivity index (χ3v) is 2.58. The van der Waals surface area contributed by atoms with Gasteiger partial charge < -0.3 is 14.7 Å². The summed E-state index contributed by atoms with van der Waals surface area (Å²) in [5.41, 5.74) is 0.242. The van der Waals surface area contributed by atoms with Gasteiger partial charge in [-0.2, -0.15) is 0 Å². The maximum Gasteiger partial charge on any atom is 0.336 e. The molecular formula is C13H17NO4. The van der Waals surface area contributed by atoms with Gasteiger partial charge in [0.2, 0.25) is 0 Å². The summed E-state index contributed by atoms with van der Waals surface area (Å²) < 4.78 is 4.91. The average Bonchev–Trinajstić information content (AvgIpc) is 2.38. The van der Waals surface area contributed by atoms with E-state index in [1.54, 1.807) is 26.3 Å². The van der Waals surface area contributed by atoms with Gasteiger partial charge in [0.25, 0.3) is 5.91 Å². The highest BCUT2D eigenvalue weighted by atomic mass is 16.5. The summed E-state index contributed by atoms with van der Waals surface area (Å²) in [4.78, 5) is 24.6. The SMILES string of the molecule is COCCCN(C)C(=O)c1ccccc1C(=O)O. The minimum atomic E-state index is -1.09. The van der Waals surface area contributed by atoms with Gasteiger partial charge in [-0.1, -0.05) is 12.1 Å². The van der Waals surface area contributed by atoms with Crippen molar-refractivity contribution in [1.82, 2.24) is 4.90 Å². The molecule has 0 aliphatic rings. The van der Waals surface area contributed by atoms with Gasteiger partial charge >= 0.3 is 5.97 Å². The van der Waals surface area contributed by atoms with E-state index in [4.69, 9.17) is 9.84 Å². The third kappa shape index (κ3) is 3.56. The number of carboxylic acid groups (broad SMARTS) is 1. The predicted molar refractivity (Wildman–Crippen MR) is 66.9 cm³/mol. The summed E-state index contributed by atoms with van der Waals surface area (Å²) in [6.45, 7) is 1.10. The number of hydrogen-bond acceptors (Lipinski definition) is 3. The van der Waals surface area contributed by atoms with E-state index in [2.05, 4.69) is 0 Å². The topological polar surface area (TPSA) is 66.8 Å². The second kappa shape index (κ2) is 6.76. The lowest BCUT2D eigenvalue weighted by molar-refractivity contribution is 0.0679. The van der Waals surface area contributed by atoms with Gasteiger partial charge in [-0.05, 0) is 18.6 Å². The maximum absolute atomic E-state index is 12.1. The number of carbonyl (C=O) groups excluding carboxylic acids is 1. The fourth-order valence-corrected chi connectivity index (χ4v) is 1.61. The van der Waals surface area contributed by atoms with Crippen LogP contribution in [0.25, 0.3) is 0 Å². The molecule has 1 amide bonds. The van der Waals surface area contributed by atoms with Gasteiger partial charge in [-0.3, -0.25) is 4.79 Å². The molecule has 1 N–H and O–H groups in total. The molecule has 18 heavy (non-hydrogen) atoms. The van der Waals surface area contributed by atoms with Gasteiger partial charge in [-0.25, -0.2) is 4.79 Å². The first-order valence-electron chi connectivity index (χ1n) is 5.64. The number of benzene rings is 1. The molecule has 1 aromatic carbocycles. The standard InChI is InChI=1S/C13H17NO4/c1-14(8-5-9-18-2)12(15)10-6-3-4-7-11(10)13(16)17/h3-4,6-7H,5,8-9H2,1-2H3,(H,16,17). The summed E-state index contributed by atoms with van der Waals surface area (Å²) in [5.74, 6) is -1.38. The van der Waals surface area contributed by atoms with Crippen LogP contribution in [-0.2, 0) is 4.74 Å². The van der Waals surface area contributed by atoms with Crippen molar-refractivity contribution in [3.8, 4) is 0 Å². The van der Waals surface area contributed by atoms with E-state index in [1.165, 1.54) is 17.0 Å². The Hall–Kier alpha value is -1.88. The Labute approximate surface area is 106 Å². The van der Waals surface area contributed by atoms with Crippen LogP contribution >= 0.6 is 0 Å². The quantitative estimate of drug-likeness (QED) is 0.778. The van der Waals surface area contributed by atoms with Crippen LogP contribution in [0.5, 0.6) is 0 Å². The first-order valence-corrected chi connectivity index (χ1v) is 5.64. The Morgan fingerprint density at radius 3 is 2.44 bits per heavy atom. The first-order chi connectivity index (χ1) is 8.57. The monoisotopic (exact) mass is 251 g/mol. The minimum absolute atomic E-state index is 0.0288. The Bertz CT molecular complexity index is 431. The fourth-order valence-electron chi connectivity index (χ4n) is 1.61. The van der Waals surface area contributed by atoms with Gasteiger partial charge in [0.05, 0.1) is 11.1 Å². The summed E-state index contributed by atoms with van der Waals surface area (Å²) in [5, 5.41) is 9.02. The molecule has 0 radical (unpaired) electrons. The van der Waals surface area contributed by atoms with E-state index in [9.17, 15) is 9.59 Å². The number of amides is 1. The zero-order valence-electron chi connectivity index (χ0n) is 10.5. The van der Waals surface area contributed by atoms with Crippen LogP contribution in [0.3, 0.4) is 0 Å². The van der Waals surface area contributed by atoms with Gasteiger partial charge in [0.15, 0.2) is 0 Å². The largest absolute Gasteiger partial charge is 0.478 e. The summed E-state index contributed by atoms with van der Waals surface area (Å²) >= 11 is 0. The zero-order valence-corrected chi connectivity index (χ0v) is 10.5. The Morgan fingerprint density at radius 1 is 1.28 bits per heavy atom. The number of carboxylic acids is 1. The van der Waals surface area contributed by atoms with Crippen molar-refractivity contribution in [3.63, 3.8) is 0 Å². The van der Waals surface area contributed by atoms with E-state index in [1.807, 2.05) is 0 Å². The van der Waals surface area contributed by atoms with Crippen molar-refractivity contribution < 1.29 is 19.4 Å². The van der Waals surface area contributed by atoms with E-state index in [0.29, 0.717) is 19.6 Å². The van der Waals surface area contributed by atoms with Crippen LogP contribution in [0, 0.1) is 0 Å². The highest BCUT2D eigenvalue weighted by molar-refractivity contribution is 6.04. The molecule has 1 aromatic rings. The molecule has 0 fully saturated rings. The van der Waals surface area contributed by atoms with Crippen molar-refractivity contribution in [2.24, 2.45) is 0 Å². The van der Waals surface area contributed by atoms with Crippen LogP contribution in [0.1, 0.15) is 27.1 Å². The molecule has 0 bridgehead atoms. The van der Waals surface area contributed by atoms with Gasteiger partial charge in [0.1, 0.15) is 0 Å². The maximum atomic E-state index is 12.1. The van der Waals surface area contributed by atoms with Crippen molar-refractivity contribution in [2.75, 3.05) is 27.3 Å². The van der Waals surface area contributed by atoms with Crippen molar-refractivity contribution >= 4 is 11.9 Å². The number of nitrogens with zero attached hydrogens (tertiary/aromatic N) is 1. The highest BCUT2D eigenvalue weighted by Crippen LogP contribution is 2.11. The Morgan fingerprint density at radius 2 is 1.89 bits per heavy atom. The first kappa shape index (κ1) is 14.2. The molecule has 0 aliphatic carbocycles. The minimum Gasteiger partial charge on any atom is -0.478 e. The van der Waals surface area contributed by atoms with Crippen LogP contribution in [0.2, 0.25) is 0 Å². The molecule has 5 heteroatoms. The number of carbonyl (C=O) groups is 2. The smallest absolute Gasteiger partial charge is 0.336 e. The fraction of sp³-hybridized carbons (Fsp3) is 0.385. The molecule has 0 unspecified atom stereocenters.